The van der Waals surface area contributed by atoms with Crippen LogP contribution in [0.5, 0.6) is 17.2 Å². The molecule has 0 saturated heterocycles. The van der Waals surface area contributed by atoms with Gasteiger partial charge >= 0.3 is 0 Å². The first-order valence-corrected chi connectivity index (χ1v) is 13.6. The molecule has 0 unspecified atom stereocenters. The van der Waals surface area contributed by atoms with E-state index in [4.69, 9.17) is 25.8 Å². The Morgan fingerprint density at radius 2 is 1.68 bits per heavy atom. The molecule has 0 bridgehead atoms. The molecule has 208 valence electrons. The molecule has 0 aliphatic carbocycles. The highest BCUT2D eigenvalue weighted by atomic mass is 35.5. The molecule has 0 aliphatic heterocycles. The minimum absolute atomic E-state index is 0.0809. The van der Waals surface area contributed by atoms with Gasteiger partial charge < -0.3 is 24.4 Å². The van der Waals surface area contributed by atoms with Crippen molar-refractivity contribution in [2.45, 2.75) is 12.8 Å². The molecule has 9 nitrogen and oxygen atoms in total. The maximum absolute atomic E-state index is 13.5. The summed E-state index contributed by atoms with van der Waals surface area (Å²) in [6.07, 6.45) is 0.635. The lowest BCUT2D eigenvalue weighted by atomic mass is 10.1. The van der Waals surface area contributed by atoms with E-state index >= 15 is 0 Å². The highest BCUT2D eigenvalue weighted by molar-refractivity contribution is 7.18. The van der Waals surface area contributed by atoms with Gasteiger partial charge in [0.05, 0.1) is 21.3 Å². The van der Waals surface area contributed by atoms with Crippen molar-refractivity contribution in [3.05, 3.63) is 82.9 Å². The summed E-state index contributed by atoms with van der Waals surface area (Å²) in [7, 11) is 4.71. The van der Waals surface area contributed by atoms with Crippen molar-refractivity contribution in [1.82, 2.24) is 15.1 Å². The van der Waals surface area contributed by atoms with Crippen LogP contribution in [0, 0.1) is 0 Å². The number of carbonyl (C=O) groups excluding carboxylic acids is 2. The summed E-state index contributed by atoms with van der Waals surface area (Å²) < 4.78 is 16.0. The number of ether oxygens (including phenoxy) is 3. The Morgan fingerprint density at radius 3 is 2.40 bits per heavy atom. The minimum Gasteiger partial charge on any atom is -0.497 e. The summed E-state index contributed by atoms with van der Waals surface area (Å²) in [5.41, 5.74) is 2.30. The standard InChI is InChI=1S/C29H29ClN4O5S/c1-37-23-6-4-5-21(18-23)28(36)34(15-13-19-7-12-24(38-2)25(17-19)39-3)16-14-26(35)31-29-33-32-27(40-29)20-8-10-22(30)11-9-20/h4-12,17-18H,13-16H2,1-3H3,(H,31,33,35). The molecule has 0 saturated carbocycles. The van der Waals surface area contributed by atoms with Gasteiger partial charge in [0.15, 0.2) is 11.5 Å². The van der Waals surface area contributed by atoms with Crippen LogP contribution in [0.2, 0.25) is 5.02 Å². The van der Waals surface area contributed by atoms with E-state index in [9.17, 15) is 9.59 Å². The molecule has 0 spiro atoms. The fraction of sp³-hybridized carbons (Fsp3) is 0.241. The van der Waals surface area contributed by atoms with Gasteiger partial charge in [0.1, 0.15) is 10.8 Å². The normalized spacial score (nSPS) is 10.6. The molecule has 1 N–H and O–H groups in total. The molecule has 0 aliphatic rings. The van der Waals surface area contributed by atoms with E-state index in [0.29, 0.717) is 50.9 Å². The lowest BCUT2D eigenvalue weighted by Gasteiger charge is -2.23. The maximum atomic E-state index is 13.5. The summed E-state index contributed by atoms with van der Waals surface area (Å²) in [5, 5.41) is 12.7. The van der Waals surface area contributed by atoms with Crippen LogP contribution in [0.3, 0.4) is 0 Å². The zero-order valence-corrected chi connectivity index (χ0v) is 23.9. The number of hydrogen-bond donors (Lipinski definition) is 1. The number of halogens is 1. The van der Waals surface area contributed by atoms with Crippen LogP contribution in [-0.4, -0.2) is 61.3 Å². The third-order valence-electron chi connectivity index (χ3n) is 6.09. The molecule has 1 heterocycles. The van der Waals surface area contributed by atoms with Crippen molar-refractivity contribution < 1.29 is 23.8 Å². The van der Waals surface area contributed by atoms with E-state index < -0.39 is 0 Å². The van der Waals surface area contributed by atoms with Gasteiger partial charge in [-0.05, 0) is 54.4 Å². The van der Waals surface area contributed by atoms with Gasteiger partial charge in [-0.2, -0.15) is 0 Å². The summed E-state index contributed by atoms with van der Waals surface area (Å²) >= 11 is 7.22. The van der Waals surface area contributed by atoms with Crippen molar-refractivity contribution in [2.24, 2.45) is 0 Å². The van der Waals surface area contributed by atoms with Gasteiger partial charge in [-0.3, -0.25) is 9.59 Å². The number of nitrogens with one attached hydrogen (secondary N) is 1. The van der Waals surface area contributed by atoms with Gasteiger partial charge in [-0.1, -0.05) is 47.2 Å². The summed E-state index contributed by atoms with van der Waals surface area (Å²) in [6, 6.07) is 19.8. The highest BCUT2D eigenvalue weighted by Gasteiger charge is 2.19. The van der Waals surface area contributed by atoms with E-state index in [0.717, 1.165) is 11.1 Å². The molecule has 2 amide bonds. The molecule has 1 aromatic heterocycles. The predicted molar refractivity (Wildman–Crippen MR) is 156 cm³/mol. The Kier molecular flexibility index (Phi) is 9.93. The van der Waals surface area contributed by atoms with Crippen molar-refractivity contribution >= 4 is 39.9 Å². The lowest BCUT2D eigenvalue weighted by molar-refractivity contribution is -0.116. The third kappa shape index (κ3) is 7.49. The average molecular weight is 581 g/mol. The number of hydrogen-bond acceptors (Lipinski definition) is 8. The predicted octanol–water partition coefficient (Wildman–Crippen LogP) is 5.60. The summed E-state index contributed by atoms with van der Waals surface area (Å²) in [4.78, 5) is 28.0. The number of aromatic nitrogens is 2. The van der Waals surface area contributed by atoms with E-state index in [1.165, 1.54) is 11.3 Å². The van der Waals surface area contributed by atoms with E-state index in [1.54, 1.807) is 62.6 Å². The number of nitrogens with zero attached hydrogens (tertiary/aromatic N) is 3. The van der Waals surface area contributed by atoms with E-state index in [1.807, 2.05) is 30.3 Å². The van der Waals surface area contributed by atoms with Gasteiger partial charge in [0, 0.05) is 35.7 Å². The molecular weight excluding hydrogens is 552 g/mol. The second-order valence-corrected chi connectivity index (χ2v) is 10.1. The third-order valence-corrected chi connectivity index (χ3v) is 7.23. The highest BCUT2D eigenvalue weighted by Crippen LogP contribution is 2.29. The number of carbonyl (C=O) groups is 2. The topological polar surface area (TPSA) is 103 Å². The van der Waals surface area contributed by atoms with E-state index in [-0.39, 0.29) is 24.8 Å². The maximum Gasteiger partial charge on any atom is 0.254 e. The number of amides is 2. The number of methoxy groups -OCH3 is 3. The second kappa shape index (κ2) is 13.8. The molecular formula is C29H29ClN4O5S. The molecule has 40 heavy (non-hydrogen) atoms. The first kappa shape index (κ1) is 28.8. The van der Waals surface area contributed by atoms with Crippen LogP contribution in [0.25, 0.3) is 10.6 Å². The molecule has 0 atom stereocenters. The first-order valence-electron chi connectivity index (χ1n) is 12.4. The van der Waals surface area contributed by atoms with Crippen LogP contribution >= 0.6 is 22.9 Å². The zero-order chi connectivity index (χ0) is 28.5. The fourth-order valence-electron chi connectivity index (χ4n) is 3.95. The van der Waals surface area contributed by atoms with Crippen molar-refractivity contribution in [2.75, 3.05) is 39.7 Å². The molecule has 11 heteroatoms. The van der Waals surface area contributed by atoms with Gasteiger partial charge in [0.25, 0.3) is 5.91 Å². The van der Waals surface area contributed by atoms with Crippen molar-refractivity contribution in [1.29, 1.82) is 0 Å². The van der Waals surface area contributed by atoms with Crippen LogP contribution in [-0.2, 0) is 11.2 Å². The molecule has 0 radical (unpaired) electrons. The van der Waals surface area contributed by atoms with Gasteiger partial charge in [-0.15, -0.1) is 10.2 Å². The Bertz CT molecular complexity index is 1460. The molecule has 4 rings (SSSR count). The lowest BCUT2D eigenvalue weighted by Crippen LogP contribution is -2.35. The number of benzene rings is 3. The van der Waals surface area contributed by atoms with Crippen LogP contribution in [0.15, 0.2) is 66.7 Å². The summed E-state index contributed by atoms with van der Waals surface area (Å²) in [6.45, 7) is 0.594. The number of rotatable bonds is 12. The quantitative estimate of drug-likeness (QED) is 0.233. The Labute approximate surface area is 241 Å². The zero-order valence-electron chi connectivity index (χ0n) is 22.3. The minimum atomic E-state index is -0.270. The van der Waals surface area contributed by atoms with Gasteiger partial charge in [0.2, 0.25) is 11.0 Å². The molecule has 0 fully saturated rings. The SMILES string of the molecule is COc1cccc(C(=O)N(CCC(=O)Nc2nnc(-c3ccc(Cl)cc3)s2)CCc2ccc(OC)c(OC)c2)c1. The van der Waals surface area contributed by atoms with Crippen LogP contribution in [0.4, 0.5) is 5.13 Å². The smallest absolute Gasteiger partial charge is 0.254 e. The second-order valence-electron chi connectivity index (χ2n) is 8.68. The molecule has 3 aromatic carbocycles. The van der Waals surface area contributed by atoms with Crippen LogP contribution < -0.4 is 19.5 Å². The van der Waals surface area contributed by atoms with Crippen molar-refractivity contribution in [3.8, 4) is 27.8 Å². The van der Waals surface area contributed by atoms with Gasteiger partial charge in [-0.25, -0.2) is 0 Å². The van der Waals surface area contributed by atoms with Crippen LogP contribution in [0.1, 0.15) is 22.3 Å². The average Bonchev–Trinajstić information content (AvgIpc) is 3.45. The number of anilines is 1. The summed E-state index contributed by atoms with van der Waals surface area (Å²) in [5.74, 6) is 1.35. The molecule has 4 aromatic rings. The Balaban J connectivity index is 1.44. The largest absolute Gasteiger partial charge is 0.497 e. The van der Waals surface area contributed by atoms with E-state index in [2.05, 4.69) is 15.5 Å². The monoisotopic (exact) mass is 580 g/mol. The Morgan fingerprint density at radius 1 is 0.900 bits per heavy atom. The fourth-order valence-corrected chi connectivity index (χ4v) is 4.85. The van der Waals surface area contributed by atoms with Crippen molar-refractivity contribution in [3.63, 3.8) is 0 Å². The first-order chi connectivity index (χ1) is 19.4. The Hall–Kier alpha value is -4.15.